The van der Waals surface area contributed by atoms with E-state index in [1.54, 1.807) is 34.6 Å². The maximum Gasteiger partial charge on any atom is 0.413 e. The van der Waals surface area contributed by atoms with Gasteiger partial charge in [-0.05, 0) is 47.5 Å². The number of allylic oxidation sites excluding steroid dienone is 1. The van der Waals surface area contributed by atoms with Crippen LogP contribution in [0.15, 0.2) is 17.3 Å². The van der Waals surface area contributed by atoms with Crippen molar-refractivity contribution in [1.29, 1.82) is 0 Å². The van der Waals surface area contributed by atoms with Gasteiger partial charge in [-0.1, -0.05) is 88.4 Å². The molecule has 1 heterocycles. The standard InChI is InChI=1S/C26H49N3O4/c1-7-8-9-10-11-12-13-14-15-16-17-18-19-20-21-22(23(27)28-31)29(26(5,6)32-21)24(30)33-25(2,3)4/h19-22,31H,7-18H2,1-6H3,(H2,27,28)/t21-,22-/m1/s1. The van der Waals surface area contributed by atoms with Crippen LogP contribution in [-0.2, 0) is 9.47 Å². The Morgan fingerprint density at radius 2 is 1.58 bits per heavy atom. The summed E-state index contributed by atoms with van der Waals surface area (Å²) in [6.07, 6.45) is 18.3. The van der Waals surface area contributed by atoms with Crippen molar-refractivity contribution < 1.29 is 19.5 Å². The number of unbranched alkanes of at least 4 members (excludes halogenated alkanes) is 11. The van der Waals surface area contributed by atoms with E-state index in [0.717, 1.165) is 12.8 Å². The number of nitrogens with zero attached hydrogens (tertiary/aromatic N) is 2. The first-order valence-corrected chi connectivity index (χ1v) is 12.9. The SMILES string of the molecule is CCCCCCCCCCCCCC=C[C@H]1OC(C)(C)N(C(=O)OC(C)(C)C)[C@H]1C(N)=NO. The van der Waals surface area contributed by atoms with Gasteiger partial charge >= 0.3 is 6.09 Å². The van der Waals surface area contributed by atoms with Crippen LogP contribution in [-0.4, -0.2) is 45.5 Å². The molecule has 3 N–H and O–H groups in total. The molecule has 0 aromatic carbocycles. The minimum absolute atomic E-state index is 0.0734. The smallest absolute Gasteiger partial charge is 0.413 e. The summed E-state index contributed by atoms with van der Waals surface area (Å²) in [4.78, 5) is 14.3. The van der Waals surface area contributed by atoms with Gasteiger partial charge < -0.3 is 20.4 Å². The molecular formula is C26H49N3O4. The monoisotopic (exact) mass is 467 g/mol. The fraction of sp³-hybridized carbons (Fsp3) is 0.846. The van der Waals surface area contributed by atoms with Gasteiger partial charge in [-0.3, -0.25) is 4.90 Å². The molecule has 1 amide bonds. The van der Waals surface area contributed by atoms with Gasteiger partial charge in [0.05, 0.1) is 0 Å². The molecule has 0 saturated carbocycles. The predicted molar refractivity (Wildman–Crippen MR) is 134 cm³/mol. The quantitative estimate of drug-likeness (QED) is 0.0737. The first-order valence-electron chi connectivity index (χ1n) is 12.9. The van der Waals surface area contributed by atoms with Crippen LogP contribution in [0.5, 0.6) is 0 Å². The molecule has 7 nitrogen and oxygen atoms in total. The van der Waals surface area contributed by atoms with Crippen LogP contribution in [0.3, 0.4) is 0 Å². The highest BCUT2D eigenvalue weighted by Gasteiger charge is 2.52. The average Bonchev–Trinajstić information content (AvgIpc) is 2.99. The van der Waals surface area contributed by atoms with Crippen LogP contribution in [0.1, 0.15) is 119 Å². The molecule has 1 rings (SSSR count). The highest BCUT2D eigenvalue weighted by molar-refractivity contribution is 5.90. The Bertz CT molecular complexity index is 626. The van der Waals surface area contributed by atoms with E-state index in [0.29, 0.717) is 0 Å². The molecule has 0 unspecified atom stereocenters. The van der Waals surface area contributed by atoms with Crippen molar-refractivity contribution >= 4 is 11.9 Å². The van der Waals surface area contributed by atoms with E-state index in [9.17, 15) is 10.0 Å². The summed E-state index contributed by atoms with van der Waals surface area (Å²) < 4.78 is 11.6. The Balaban J connectivity index is 2.47. The van der Waals surface area contributed by atoms with Gasteiger partial charge in [0.1, 0.15) is 23.5 Å². The second-order valence-electron chi connectivity index (χ2n) is 10.6. The van der Waals surface area contributed by atoms with E-state index >= 15 is 0 Å². The fourth-order valence-corrected chi connectivity index (χ4v) is 4.24. The number of hydrogen-bond acceptors (Lipinski definition) is 5. The van der Waals surface area contributed by atoms with Gasteiger partial charge in [0.15, 0.2) is 5.84 Å². The topological polar surface area (TPSA) is 97.4 Å². The molecule has 0 aromatic rings. The molecule has 1 fully saturated rings. The number of rotatable bonds is 14. The maximum absolute atomic E-state index is 12.8. The van der Waals surface area contributed by atoms with E-state index < -0.39 is 29.6 Å². The molecule has 2 atom stereocenters. The van der Waals surface area contributed by atoms with Crippen molar-refractivity contribution in [2.75, 3.05) is 0 Å². The zero-order valence-corrected chi connectivity index (χ0v) is 21.9. The third-order valence-electron chi connectivity index (χ3n) is 5.90. The zero-order valence-electron chi connectivity index (χ0n) is 21.9. The number of hydrogen-bond donors (Lipinski definition) is 2. The Morgan fingerprint density at radius 1 is 1.06 bits per heavy atom. The summed E-state index contributed by atoms with van der Waals surface area (Å²) in [6, 6.07) is -0.728. The number of carbonyl (C=O) groups is 1. The normalized spacial score (nSPS) is 21.2. The van der Waals surface area contributed by atoms with Crippen molar-refractivity contribution in [3.05, 3.63) is 12.2 Å². The fourth-order valence-electron chi connectivity index (χ4n) is 4.24. The van der Waals surface area contributed by atoms with Crippen molar-refractivity contribution in [3.8, 4) is 0 Å². The highest BCUT2D eigenvalue weighted by Crippen LogP contribution is 2.34. The van der Waals surface area contributed by atoms with Gasteiger partial charge in [0.25, 0.3) is 0 Å². The third-order valence-corrected chi connectivity index (χ3v) is 5.90. The van der Waals surface area contributed by atoms with Gasteiger partial charge in [-0.15, -0.1) is 0 Å². The minimum Gasteiger partial charge on any atom is -0.444 e. The average molecular weight is 468 g/mol. The number of amidine groups is 1. The van der Waals surface area contributed by atoms with Crippen molar-refractivity contribution in [3.63, 3.8) is 0 Å². The van der Waals surface area contributed by atoms with Gasteiger partial charge in [-0.2, -0.15) is 0 Å². The van der Waals surface area contributed by atoms with E-state index in [4.69, 9.17) is 15.2 Å². The van der Waals surface area contributed by atoms with Crippen LogP contribution < -0.4 is 5.73 Å². The molecule has 0 spiro atoms. The molecule has 33 heavy (non-hydrogen) atoms. The highest BCUT2D eigenvalue weighted by atomic mass is 16.6. The second kappa shape index (κ2) is 14.5. The summed E-state index contributed by atoms with van der Waals surface area (Å²) in [5.74, 6) is -0.0734. The molecular weight excluding hydrogens is 418 g/mol. The van der Waals surface area contributed by atoms with Gasteiger partial charge in [0.2, 0.25) is 0 Å². The Labute approximate surface area is 201 Å². The van der Waals surface area contributed by atoms with Crippen LogP contribution in [0.2, 0.25) is 0 Å². The van der Waals surface area contributed by atoms with Crippen LogP contribution in [0, 0.1) is 0 Å². The van der Waals surface area contributed by atoms with Crippen molar-refractivity contribution in [2.24, 2.45) is 10.9 Å². The minimum atomic E-state index is -0.951. The molecule has 192 valence electrons. The van der Waals surface area contributed by atoms with E-state index in [2.05, 4.69) is 18.2 Å². The maximum atomic E-state index is 12.8. The molecule has 0 aliphatic carbocycles. The summed E-state index contributed by atoms with van der Waals surface area (Å²) in [6.45, 7) is 11.2. The van der Waals surface area contributed by atoms with Gasteiger partial charge in [0, 0.05) is 0 Å². The van der Waals surface area contributed by atoms with E-state index in [1.165, 1.54) is 69.1 Å². The van der Waals surface area contributed by atoms with Crippen LogP contribution >= 0.6 is 0 Å². The lowest BCUT2D eigenvalue weighted by molar-refractivity contribution is -0.0707. The Morgan fingerprint density at radius 3 is 2.06 bits per heavy atom. The summed E-state index contributed by atoms with van der Waals surface area (Å²) in [5.41, 5.74) is 4.35. The summed E-state index contributed by atoms with van der Waals surface area (Å²) in [5, 5.41) is 12.5. The van der Waals surface area contributed by atoms with E-state index in [-0.39, 0.29) is 5.84 Å². The molecule has 1 aliphatic heterocycles. The number of ether oxygens (including phenoxy) is 2. The lowest BCUT2D eigenvalue weighted by atomic mass is 10.0. The van der Waals surface area contributed by atoms with Crippen LogP contribution in [0.25, 0.3) is 0 Å². The number of amides is 1. The first kappa shape index (κ1) is 29.3. The van der Waals surface area contributed by atoms with E-state index in [1.807, 2.05) is 6.08 Å². The summed E-state index contributed by atoms with van der Waals surface area (Å²) in [7, 11) is 0. The number of nitrogens with two attached hydrogens (primary N) is 1. The Kier molecular flexibility index (Phi) is 12.9. The zero-order chi connectivity index (χ0) is 24.9. The van der Waals surface area contributed by atoms with Crippen molar-refractivity contribution in [1.82, 2.24) is 4.90 Å². The lowest BCUT2D eigenvalue weighted by Gasteiger charge is -2.34. The molecule has 1 aliphatic rings. The number of oxime groups is 1. The third kappa shape index (κ3) is 10.8. The number of carbonyl (C=O) groups excluding carboxylic acids is 1. The largest absolute Gasteiger partial charge is 0.444 e. The molecule has 7 heteroatoms. The predicted octanol–water partition coefficient (Wildman–Crippen LogP) is 6.73. The molecule has 0 aromatic heterocycles. The van der Waals surface area contributed by atoms with Gasteiger partial charge in [-0.25, -0.2) is 4.79 Å². The first-order chi connectivity index (χ1) is 15.5. The Hall–Kier alpha value is -1.76. The second-order valence-corrected chi connectivity index (χ2v) is 10.6. The lowest BCUT2D eigenvalue weighted by Crippen LogP contribution is -2.54. The van der Waals surface area contributed by atoms with Crippen LogP contribution in [0.4, 0.5) is 4.79 Å². The molecule has 1 saturated heterocycles. The molecule has 0 bridgehead atoms. The molecule has 0 radical (unpaired) electrons. The summed E-state index contributed by atoms with van der Waals surface area (Å²) >= 11 is 0. The van der Waals surface area contributed by atoms with Crippen molar-refractivity contribution in [2.45, 2.75) is 142 Å².